The van der Waals surface area contributed by atoms with Crippen molar-refractivity contribution in [3.05, 3.63) is 77.6 Å². The summed E-state index contributed by atoms with van der Waals surface area (Å²) in [6.45, 7) is 0.998. The number of fused-ring (bicyclic) bond motifs is 1. The van der Waals surface area contributed by atoms with E-state index in [0.29, 0.717) is 10.4 Å². The zero-order valence-corrected chi connectivity index (χ0v) is 19.8. The molecule has 0 unspecified atom stereocenters. The number of alkyl halides is 3. The molecular formula is C24H19F6NO5S. The third kappa shape index (κ3) is 5.98. The number of ether oxygens (including phenoxy) is 1. The summed E-state index contributed by atoms with van der Waals surface area (Å²) in [7, 11) is -4.57. The maximum absolute atomic E-state index is 14.7. The Morgan fingerprint density at radius 2 is 1.68 bits per heavy atom. The van der Waals surface area contributed by atoms with Crippen LogP contribution in [-0.4, -0.2) is 32.6 Å². The van der Waals surface area contributed by atoms with E-state index in [4.69, 9.17) is 9.84 Å². The average Bonchev–Trinajstić information content (AvgIpc) is 2.85. The molecule has 0 saturated carbocycles. The lowest BCUT2D eigenvalue weighted by molar-refractivity contribution is -0.138. The van der Waals surface area contributed by atoms with Gasteiger partial charge in [0.25, 0.3) is 10.0 Å². The van der Waals surface area contributed by atoms with E-state index in [9.17, 15) is 39.6 Å². The Balaban J connectivity index is 0.000000695. The summed E-state index contributed by atoms with van der Waals surface area (Å²) < 4.78 is 114. The minimum absolute atomic E-state index is 0.173. The minimum atomic E-state index is -4.78. The van der Waals surface area contributed by atoms with E-state index in [2.05, 4.69) is 0 Å². The molecular weight excluding hydrogens is 528 g/mol. The van der Waals surface area contributed by atoms with Gasteiger partial charge in [-0.2, -0.15) is 13.2 Å². The van der Waals surface area contributed by atoms with Gasteiger partial charge in [-0.05, 0) is 42.0 Å². The molecule has 0 saturated heterocycles. The first-order valence-corrected chi connectivity index (χ1v) is 12.0. The lowest BCUT2D eigenvalue weighted by Gasteiger charge is -2.31. The first-order valence-electron chi connectivity index (χ1n) is 10.6. The van der Waals surface area contributed by atoms with Crippen molar-refractivity contribution < 1.29 is 49.4 Å². The van der Waals surface area contributed by atoms with Crippen LogP contribution in [0.1, 0.15) is 18.9 Å². The Hall–Kier alpha value is -3.74. The van der Waals surface area contributed by atoms with E-state index in [1.54, 1.807) is 6.92 Å². The molecule has 198 valence electrons. The number of benzene rings is 3. The molecule has 37 heavy (non-hydrogen) atoms. The molecule has 0 aromatic heterocycles. The number of hydrogen-bond acceptors (Lipinski definition) is 4. The smallest absolute Gasteiger partial charge is 0.416 e. The number of sulfonamides is 1. The van der Waals surface area contributed by atoms with Gasteiger partial charge < -0.3 is 9.84 Å². The molecule has 0 fully saturated rings. The van der Waals surface area contributed by atoms with Gasteiger partial charge in [0.05, 0.1) is 22.7 Å². The second kappa shape index (κ2) is 10.7. The molecule has 1 aliphatic rings. The van der Waals surface area contributed by atoms with Crippen molar-refractivity contribution in [2.45, 2.75) is 24.4 Å². The quantitative estimate of drug-likeness (QED) is 0.414. The lowest BCUT2D eigenvalue weighted by atomic mass is 10.0. The van der Waals surface area contributed by atoms with Crippen LogP contribution in [0.3, 0.4) is 0 Å². The van der Waals surface area contributed by atoms with Gasteiger partial charge in [-0.1, -0.05) is 25.1 Å². The highest BCUT2D eigenvalue weighted by Gasteiger charge is 2.35. The van der Waals surface area contributed by atoms with Gasteiger partial charge in [0.1, 0.15) is 6.61 Å². The number of carbonyl (C=O) groups is 1. The summed E-state index contributed by atoms with van der Waals surface area (Å²) in [6.07, 6.45) is -4.55. The lowest BCUT2D eigenvalue weighted by Crippen LogP contribution is -2.38. The number of aliphatic carboxylic acids is 1. The van der Waals surface area contributed by atoms with Gasteiger partial charge in [-0.3, -0.25) is 9.10 Å². The highest BCUT2D eigenvalue weighted by Crippen LogP contribution is 2.41. The normalized spacial score (nSPS) is 13.2. The predicted molar refractivity (Wildman–Crippen MR) is 121 cm³/mol. The summed E-state index contributed by atoms with van der Waals surface area (Å²) >= 11 is 0. The van der Waals surface area contributed by atoms with E-state index in [-0.39, 0.29) is 36.4 Å². The molecule has 3 aromatic carbocycles. The first-order chi connectivity index (χ1) is 17.3. The van der Waals surface area contributed by atoms with Crippen LogP contribution in [-0.2, 0) is 21.0 Å². The molecule has 0 atom stereocenters. The molecule has 3 aromatic rings. The number of carboxylic acid groups (broad SMARTS) is 1. The van der Waals surface area contributed by atoms with Crippen molar-refractivity contribution in [1.29, 1.82) is 0 Å². The molecule has 13 heteroatoms. The van der Waals surface area contributed by atoms with E-state index in [1.165, 1.54) is 12.1 Å². The zero-order valence-electron chi connectivity index (χ0n) is 19.0. The van der Waals surface area contributed by atoms with Crippen molar-refractivity contribution >= 4 is 21.7 Å². The maximum Gasteiger partial charge on any atom is 0.416 e. The number of halogens is 6. The summed E-state index contributed by atoms with van der Waals surface area (Å²) in [4.78, 5) is 8.70. The monoisotopic (exact) mass is 547 g/mol. The fourth-order valence-corrected chi connectivity index (χ4v) is 4.84. The maximum atomic E-state index is 14.7. The molecule has 1 heterocycles. The van der Waals surface area contributed by atoms with Crippen LogP contribution in [0.2, 0.25) is 0 Å². The number of carboxylic acids is 1. The van der Waals surface area contributed by atoms with Gasteiger partial charge in [0, 0.05) is 12.0 Å². The molecule has 0 radical (unpaired) electrons. The van der Waals surface area contributed by atoms with E-state index in [1.807, 2.05) is 0 Å². The fraction of sp³-hybridized carbons (Fsp3) is 0.208. The first kappa shape index (κ1) is 27.8. The molecule has 6 nitrogen and oxygen atoms in total. The summed E-state index contributed by atoms with van der Waals surface area (Å²) in [6, 6.07) is 8.28. The van der Waals surface area contributed by atoms with Crippen molar-refractivity contribution in [3.63, 3.8) is 0 Å². The second-order valence-corrected chi connectivity index (χ2v) is 9.47. The van der Waals surface area contributed by atoms with Crippen molar-refractivity contribution in [3.8, 4) is 16.9 Å². The van der Waals surface area contributed by atoms with Crippen LogP contribution in [0.25, 0.3) is 11.1 Å². The van der Waals surface area contributed by atoms with E-state index >= 15 is 0 Å². The van der Waals surface area contributed by atoms with Crippen molar-refractivity contribution in [2.75, 3.05) is 17.5 Å². The summed E-state index contributed by atoms with van der Waals surface area (Å²) in [5.74, 6) is -4.70. The van der Waals surface area contributed by atoms with Crippen LogP contribution in [0.4, 0.5) is 32.0 Å². The van der Waals surface area contributed by atoms with Crippen molar-refractivity contribution in [1.82, 2.24) is 0 Å². The number of anilines is 1. The third-order valence-corrected chi connectivity index (χ3v) is 6.96. The van der Waals surface area contributed by atoms with Crippen molar-refractivity contribution in [2.24, 2.45) is 0 Å². The molecule has 0 spiro atoms. The fourth-order valence-electron chi connectivity index (χ4n) is 3.35. The van der Waals surface area contributed by atoms with Crippen LogP contribution in [0, 0.1) is 17.5 Å². The summed E-state index contributed by atoms with van der Waals surface area (Å²) in [5, 5.41) is 7.72. The van der Waals surface area contributed by atoms with Gasteiger partial charge in [0.15, 0.2) is 23.2 Å². The number of rotatable bonds is 4. The Bertz CT molecular complexity index is 1430. The highest BCUT2D eigenvalue weighted by molar-refractivity contribution is 7.92. The Morgan fingerprint density at radius 3 is 2.30 bits per heavy atom. The molecule has 1 N–H and O–H groups in total. The SMILES string of the molecule is CCC(=O)O.O=S(=O)(c1cccc(C(F)(F)F)c1)N1CCOc2c(F)cc(-c3cccc(F)c3F)cc21. The average molecular weight is 547 g/mol. The number of nitrogens with zero attached hydrogens (tertiary/aromatic N) is 1. The third-order valence-electron chi connectivity index (χ3n) is 5.15. The molecule has 0 aliphatic carbocycles. The molecule has 0 amide bonds. The molecule has 1 aliphatic heterocycles. The standard InChI is InChI=1S/C21H13F6NO3S.C3H6O2/c22-16-6-2-5-15(19(16)24)12-9-17(23)20-18(10-12)28(7-8-31-20)32(29,30)14-4-1-3-13(11-14)21(25,26)27;1-2-3(4)5/h1-6,9-11H,7-8H2;2H2,1H3,(H,4,5). The van der Waals surface area contributed by atoms with Crippen LogP contribution < -0.4 is 9.04 Å². The molecule has 0 bridgehead atoms. The molecule has 4 rings (SSSR count). The minimum Gasteiger partial charge on any atom is -0.486 e. The Kier molecular flexibility index (Phi) is 8.06. The van der Waals surface area contributed by atoms with Crippen LogP contribution in [0.5, 0.6) is 5.75 Å². The van der Waals surface area contributed by atoms with E-state index < -0.39 is 55.8 Å². The van der Waals surface area contributed by atoms with E-state index in [0.717, 1.165) is 36.4 Å². The highest BCUT2D eigenvalue weighted by atomic mass is 32.2. The van der Waals surface area contributed by atoms with Gasteiger partial charge in [-0.25, -0.2) is 21.6 Å². The zero-order chi connectivity index (χ0) is 27.5. The predicted octanol–water partition coefficient (Wildman–Crippen LogP) is 5.86. The number of hydrogen-bond donors (Lipinski definition) is 1. The largest absolute Gasteiger partial charge is 0.486 e. The van der Waals surface area contributed by atoms with Gasteiger partial charge >= 0.3 is 12.1 Å². The summed E-state index contributed by atoms with van der Waals surface area (Å²) in [5.41, 5.74) is -2.01. The van der Waals surface area contributed by atoms with Gasteiger partial charge in [-0.15, -0.1) is 0 Å². The topological polar surface area (TPSA) is 83.9 Å². The Morgan fingerprint density at radius 1 is 1.03 bits per heavy atom. The second-order valence-electron chi connectivity index (χ2n) is 7.61. The Labute approximate surface area is 207 Å². The van der Waals surface area contributed by atoms with Crippen LogP contribution >= 0.6 is 0 Å². The van der Waals surface area contributed by atoms with Crippen LogP contribution in [0.15, 0.2) is 59.5 Å². The van der Waals surface area contributed by atoms with Gasteiger partial charge in [0.2, 0.25) is 0 Å².